The van der Waals surface area contributed by atoms with Gasteiger partial charge < -0.3 is 5.11 Å². The lowest BCUT2D eigenvalue weighted by Crippen LogP contribution is -2.35. The van der Waals surface area contributed by atoms with Gasteiger partial charge in [-0.25, -0.2) is 0 Å². The number of rotatable bonds is 6. The highest BCUT2D eigenvalue weighted by Gasteiger charge is 2.40. The Labute approximate surface area is 99.4 Å². The third-order valence-corrected chi connectivity index (χ3v) is 4.19. The van der Waals surface area contributed by atoms with Gasteiger partial charge in [0.15, 0.2) is 0 Å². The molecule has 0 aromatic rings. The molecular weight excluding hydrogens is 200 g/mol. The van der Waals surface area contributed by atoms with Crippen LogP contribution in [0.5, 0.6) is 0 Å². The van der Waals surface area contributed by atoms with Gasteiger partial charge in [-0.05, 0) is 38.0 Å². The van der Waals surface area contributed by atoms with Crippen LogP contribution in [0, 0.1) is 11.3 Å². The van der Waals surface area contributed by atoms with Crippen LogP contribution in [0.1, 0.15) is 71.6 Å². The first kappa shape index (κ1) is 13.5. The average Bonchev–Trinajstić information content (AvgIpc) is 2.27. The van der Waals surface area contributed by atoms with Crippen LogP contribution in [0.15, 0.2) is 0 Å². The topological polar surface area (TPSA) is 37.3 Å². The van der Waals surface area contributed by atoms with Gasteiger partial charge in [0.25, 0.3) is 0 Å². The Hall–Kier alpha value is -0.530. The molecular formula is C14H26O2. The van der Waals surface area contributed by atoms with Crippen LogP contribution < -0.4 is 0 Å². The maximum Gasteiger partial charge on any atom is 0.309 e. The molecule has 1 aliphatic carbocycles. The lowest BCUT2D eigenvalue weighted by Gasteiger charge is -2.35. The highest BCUT2D eigenvalue weighted by molar-refractivity contribution is 5.74. The van der Waals surface area contributed by atoms with Gasteiger partial charge in [0, 0.05) is 0 Å². The maximum absolute atomic E-state index is 11.4. The minimum Gasteiger partial charge on any atom is -0.481 e. The van der Waals surface area contributed by atoms with E-state index in [0.717, 1.165) is 44.4 Å². The smallest absolute Gasteiger partial charge is 0.309 e. The van der Waals surface area contributed by atoms with E-state index in [2.05, 4.69) is 13.8 Å². The Kier molecular flexibility index (Phi) is 5.30. The van der Waals surface area contributed by atoms with Crippen molar-refractivity contribution in [2.75, 3.05) is 0 Å². The van der Waals surface area contributed by atoms with Gasteiger partial charge >= 0.3 is 5.97 Å². The van der Waals surface area contributed by atoms with Gasteiger partial charge in [-0.1, -0.05) is 39.5 Å². The zero-order chi connectivity index (χ0) is 12.0. The van der Waals surface area contributed by atoms with Crippen molar-refractivity contribution < 1.29 is 9.90 Å². The Morgan fingerprint density at radius 3 is 2.38 bits per heavy atom. The molecule has 16 heavy (non-hydrogen) atoms. The predicted octanol–water partition coefficient (Wildman–Crippen LogP) is 4.24. The third-order valence-electron chi connectivity index (χ3n) is 4.19. The predicted molar refractivity (Wildman–Crippen MR) is 66.5 cm³/mol. The number of hydrogen-bond donors (Lipinski definition) is 1. The van der Waals surface area contributed by atoms with Gasteiger partial charge in [0.05, 0.1) is 5.41 Å². The first-order chi connectivity index (χ1) is 7.60. The molecule has 1 saturated carbocycles. The molecule has 2 nitrogen and oxygen atoms in total. The highest BCUT2D eigenvalue weighted by atomic mass is 16.4. The van der Waals surface area contributed by atoms with Crippen molar-refractivity contribution in [2.45, 2.75) is 71.6 Å². The third kappa shape index (κ3) is 3.50. The van der Waals surface area contributed by atoms with Crippen molar-refractivity contribution >= 4 is 5.97 Å². The van der Waals surface area contributed by atoms with Crippen LogP contribution in [0.3, 0.4) is 0 Å². The van der Waals surface area contributed by atoms with Crippen molar-refractivity contribution in [2.24, 2.45) is 11.3 Å². The Balaban J connectivity index is 2.43. The Bertz CT molecular complexity index is 215. The van der Waals surface area contributed by atoms with E-state index >= 15 is 0 Å². The van der Waals surface area contributed by atoms with E-state index in [9.17, 15) is 9.90 Å². The molecule has 0 amide bonds. The van der Waals surface area contributed by atoms with Gasteiger partial charge in [0.2, 0.25) is 0 Å². The van der Waals surface area contributed by atoms with E-state index in [1.807, 2.05) is 0 Å². The summed E-state index contributed by atoms with van der Waals surface area (Å²) in [6.07, 6.45) is 9.64. The zero-order valence-electron chi connectivity index (χ0n) is 10.8. The second kappa shape index (κ2) is 6.27. The molecule has 0 radical (unpaired) electrons. The number of aliphatic carboxylic acids is 1. The molecule has 0 aliphatic heterocycles. The van der Waals surface area contributed by atoms with Crippen molar-refractivity contribution in [3.8, 4) is 0 Å². The molecule has 0 bridgehead atoms. The second-order valence-corrected chi connectivity index (χ2v) is 5.58. The monoisotopic (exact) mass is 226 g/mol. The fraction of sp³-hybridized carbons (Fsp3) is 0.929. The summed E-state index contributed by atoms with van der Waals surface area (Å²) in [5.41, 5.74) is -0.375. The molecule has 0 spiro atoms. The first-order valence-corrected chi connectivity index (χ1v) is 6.84. The number of hydrogen-bond acceptors (Lipinski definition) is 1. The van der Waals surface area contributed by atoms with Crippen LogP contribution in [0.2, 0.25) is 0 Å². The summed E-state index contributed by atoms with van der Waals surface area (Å²) in [5, 5.41) is 9.43. The Morgan fingerprint density at radius 1 is 1.25 bits per heavy atom. The summed E-state index contributed by atoms with van der Waals surface area (Å²) in [6, 6.07) is 0. The number of carboxylic acid groups (broad SMARTS) is 1. The molecule has 0 aromatic carbocycles. The summed E-state index contributed by atoms with van der Waals surface area (Å²) in [7, 11) is 0. The van der Waals surface area contributed by atoms with Gasteiger partial charge in [0.1, 0.15) is 0 Å². The molecule has 1 N–H and O–H groups in total. The lowest BCUT2D eigenvalue weighted by atomic mass is 9.68. The average molecular weight is 226 g/mol. The fourth-order valence-electron chi connectivity index (χ4n) is 2.78. The molecule has 1 aliphatic rings. The molecule has 2 heteroatoms. The van der Waals surface area contributed by atoms with E-state index in [-0.39, 0.29) is 5.41 Å². The molecule has 0 unspecified atom stereocenters. The maximum atomic E-state index is 11.4. The van der Waals surface area contributed by atoms with E-state index in [1.165, 1.54) is 19.3 Å². The van der Waals surface area contributed by atoms with Crippen LogP contribution in [0.4, 0.5) is 0 Å². The van der Waals surface area contributed by atoms with Crippen LogP contribution in [-0.2, 0) is 4.79 Å². The molecule has 0 atom stereocenters. The zero-order valence-corrected chi connectivity index (χ0v) is 10.8. The summed E-state index contributed by atoms with van der Waals surface area (Å²) in [5.74, 6) is 0.180. The van der Waals surface area contributed by atoms with Gasteiger partial charge in [-0.2, -0.15) is 0 Å². The van der Waals surface area contributed by atoms with Crippen LogP contribution in [0.25, 0.3) is 0 Å². The number of carbonyl (C=O) groups is 1. The largest absolute Gasteiger partial charge is 0.481 e. The van der Waals surface area contributed by atoms with Gasteiger partial charge in [-0.15, -0.1) is 0 Å². The Morgan fingerprint density at radius 2 is 1.88 bits per heavy atom. The van der Waals surface area contributed by atoms with E-state index in [1.54, 1.807) is 0 Å². The molecule has 1 fully saturated rings. The number of unbranched alkanes of at least 4 members (excludes halogenated alkanes) is 3. The number of carboxylic acids is 1. The minimum atomic E-state index is -0.545. The lowest BCUT2D eigenvalue weighted by molar-refractivity contribution is -0.152. The van der Waals surface area contributed by atoms with Crippen molar-refractivity contribution in [3.63, 3.8) is 0 Å². The summed E-state index contributed by atoms with van der Waals surface area (Å²) < 4.78 is 0. The van der Waals surface area contributed by atoms with E-state index in [4.69, 9.17) is 0 Å². The quantitative estimate of drug-likeness (QED) is 0.688. The van der Waals surface area contributed by atoms with Crippen LogP contribution in [-0.4, -0.2) is 11.1 Å². The van der Waals surface area contributed by atoms with E-state index < -0.39 is 5.97 Å². The second-order valence-electron chi connectivity index (χ2n) is 5.58. The minimum absolute atomic E-state index is 0.375. The van der Waals surface area contributed by atoms with E-state index in [0.29, 0.717) is 0 Å². The van der Waals surface area contributed by atoms with Crippen molar-refractivity contribution in [3.05, 3.63) is 0 Å². The summed E-state index contributed by atoms with van der Waals surface area (Å²) in [4.78, 5) is 11.4. The van der Waals surface area contributed by atoms with Crippen molar-refractivity contribution in [1.29, 1.82) is 0 Å². The molecule has 94 valence electrons. The molecule has 0 saturated heterocycles. The van der Waals surface area contributed by atoms with Crippen molar-refractivity contribution in [1.82, 2.24) is 0 Å². The SMILES string of the molecule is CCCCCCC1(C(=O)O)CCC(C)CC1. The molecule has 0 heterocycles. The van der Waals surface area contributed by atoms with Crippen LogP contribution >= 0.6 is 0 Å². The molecule has 0 aromatic heterocycles. The fourth-order valence-corrected chi connectivity index (χ4v) is 2.78. The standard InChI is InChI=1S/C14H26O2/c1-3-4-5-6-9-14(13(15)16)10-7-12(2)8-11-14/h12H,3-11H2,1-2H3,(H,15,16). The summed E-state index contributed by atoms with van der Waals surface area (Å²) in [6.45, 7) is 4.43. The first-order valence-electron chi connectivity index (χ1n) is 6.84. The van der Waals surface area contributed by atoms with Gasteiger partial charge in [-0.3, -0.25) is 4.79 Å². The molecule has 1 rings (SSSR count). The highest BCUT2D eigenvalue weighted by Crippen LogP contribution is 2.42. The normalized spacial score (nSPS) is 30.2. The summed E-state index contributed by atoms with van der Waals surface area (Å²) >= 11 is 0.